The number of anilines is 1. The predicted octanol–water partition coefficient (Wildman–Crippen LogP) is 2.96. The number of unbranched alkanes of at least 4 members (excludes halogenated alkanes) is 1. The lowest BCUT2D eigenvalue weighted by atomic mass is 10.2. The van der Waals surface area contributed by atoms with Crippen LogP contribution in [-0.2, 0) is 20.9 Å². The van der Waals surface area contributed by atoms with Gasteiger partial charge in [-0.25, -0.2) is 4.79 Å². The Labute approximate surface area is 154 Å². The number of benzene rings is 1. The minimum absolute atomic E-state index is 0.0189. The van der Waals surface area contributed by atoms with Gasteiger partial charge in [0, 0.05) is 18.7 Å². The molecule has 26 heavy (non-hydrogen) atoms. The van der Waals surface area contributed by atoms with Gasteiger partial charge in [-0.2, -0.15) is 0 Å². The maximum absolute atomic E-state index is 11.8. The molecule has 0 unspecified atom stereocenters. The molecular weight excluding hydrogens is 334 g/mol. The second-order valence-corrected chi connectivity index (χ2v) is 6.98. The highest BCUT2D eigenvalue weighted by atomic mass is 16.6. The van der Waals surface area contributed by atoms with Crippen LogP contribution in [0.1, 0.15) is 52.5 Å². The molecule has 0 bridgehead atoms. The number of hydrogen-bond acceptors (Lipinski definition) is 4. The summed E-state index contributed by atoms with van der Waals surface area (Å²) in [5, 5.41) is 7.95. The fourth-order valence-corrected chi connectivity index (χ4v) is 2.05. The number of carbonyl (C=O) groups excluding carboxylic acids is 3. The minimum Gasteiger partial charge on any atom is -0.444 e. The standard InChI is InChI=1S/C19H29N3O4/c1-5-6-10-16(23)22-15-9-7-8-14(11-15)12-20-17(24)13-21-18(25)26-19(2,3)4/h7-9,11H,5-6,10,12-13H2,1-4H3,(H,20,24)(H,21,25)(H,22,23). The molecule has 1 rings (SSSR count). The summed E-state index contributed by atoms with van der Waals surface area (Å²) < 4.78 is 5.06. The van der Waals surface area contributed by atoms with Crippen molar-refractivity contribution in [3.63, 3.8) is 0 Å². The van der Waals surface area contributed by atoms with Crippen LogP contribution in [0.4, 0.5) is 10.5 Å². The number of hydrogen-bond donors (Lipinski definition) is 3. The number of nitrogens with one attached hydrogen (secondary N) is 3. The molecule has 0 spiro atoms. The Morgan fingerprint density at radius 3 is 2.46 bits per heavy atom. The minimum atomic E-state index is -0.635. The Kier molecular flexibility index (Phi) is 8.61. The van der Waals surface area contributed by atoms with Crippen molar-refractivity contribution in [1.29, 1.82) is 0 Å². The maximum atomic E-state index is 11.8. The van der Waals surface area contributed by atoms with Gasteiger partial charge in [-0.1, -0.05) is 25.5 Å². The van der Waals surface area contributed by atoms with Gasteiger partial charge >= 0.3 is 6.09 Å². The molecule has 7 nitrogen and oxygen atoms in total. The van der Waals surface area contributed by atoms with Gasteiger partial charge in [0.05, 0.1) is 0 Å². The molecule has 1 aromatic rings. The van der Waals surface area contributed by atoms with Crippen molar-refractivity contribution in [2.24, 2.45) is 0 Å². The zero-order chi connectivity index (χ0) is 19.6. The quantitative estimate of drug-likeness (QED) is 0.661. The third-order valence-electron chi connectivity index (χ3n) is 3.25. The topological polar surface area (TPSA) is 96.5 Å². The SMILES string of the molecule is CCCCC(=O)Nc1cccc(CNC(=O)CNC(=O)OC(C)(C)C)c1. The van der Waals surface area contributed by atoms with Crippen molar-refractivity contribution in [2.75, 3.05) is 11.9 Å². The summed E-state index contributed by atoms with van der Waals surface area (Å²) in [4.78, 5) is 35.1. The summed E-state index contributed by atoms with van der Waals surface area (Å²) in [5.41, 5.74) is 0.941. The van der Waals surface area contributed by atoms with Crippen LogP contribution >= 0.6 is 0 Å². The van der Waals surface area contributed by atoms with Gasteiger partial charge in [0.15, 0.2) is 0 Å². The van der Waals surface area contributed by atoms with Gasteiger partial charge in [-0.15, -0.1) is 0 Å². The highest BCUT2D eigenvalue weighted by molar-refractivity contribution is 5.90. The van der Waals surface area contributed by atoms with E-state index in [9.17, 15) is 14.4 Å². The summed E-state index contributed by atoms with van der Waals surface area (Å²) in [7, 11) is 0. The van der Waals surface area contributed by atoms with Crippen molar-refractivity contribution in [2.45, 2.75) is 59.1 Å². The summed E-state index contributed by atoms with van der Waals surface area (Å²) in [6.07, 6.45) is 1.68. The van der Waals surface area contributed by atoms with Crippen LogP contribution in [-0.4, -0.2) is 30.1 Å². The number of amides is 3. The van der Waals surface area contributed by atoms with Gasteiger partial charge < -0.3 is 20.7 Å². The van der Waals surface area contributed by atoms with Gasteiger partial charge in [0.25, 0.3) is 0 Å². The summed E-state index contributed by atoms with van der Waals surface area (Å²) in [6.45, 7) is 7.42. The molecule has 0 saturated heterocycles. The molecule has 0 heterocycles. The molecule has 0 aliphatic rings. The highest BCUT2D eigenvalue weighted by Gasteiger charge is 2.16. The third-order valence-corrected chi connectivity index (χ3v) is 3.25. The Morgan fingerprint density at radius 1 is 1.08 bits per heavy atom. The van der Waals surface area contributed by atoms with Gasteiger partial charge in [-0.05, 0) is 44.9 Å². The smallest absolute Gasteiger partial charge is 0.408 e. The Bertz CT molecular complexity index is 623. The van der Waals surface area contributed by atoms with Crippen LogP contribution in [0.25, 0.3) is 0 Å². The largest absolute Gasteiger partial charge is 0.444 e. The molecule has 0 atom stereocenters. The number of alkyl carbamates (subject to hydrolysis) is 1. The summed E-state index contributed by atoms with van der Waals surface area (Å²) in [5.74, 6) is -0.345. The van der Waals surface area contributed by atoms with Crippen molar-refractivity contribution < 1.29 is 19.1 Å². The van der Waals surface area contributed by atoms with Crippen LogP contribution in [0, 0.1) is 0 Å². The Balaban J connectivity index is 2.40. The van der Waals surface area contributed by atoms with E-state index in [2.05, 4.69) is 16.0 Å². The van der Waals surface area contributed by atoms with Crippen LogP contribution < -0.4 is 16.0 Å². The molecule has 0 radical (unpaired) electrons. The van der Waals surface area contributed by atoms with Crippen molar-refractivity contribution in [3.05, 3.63) is 29.8 Å². The number of ether oxygens (including phenoxy) is 1. The lowest BCUT2D eigenvalue weighted by molar-refractivity contribution is -0.120. The monoisotopic (exact) mass is 363 g/mol. The zero-order valence-corrected chi connectivity index (χ0v) is 16.0. The van der Waals surface area contributed by atoms with Gasteiger partial charge in [0.2, 0.25) is 11.8 Å². The molecule has 144 valence electrons. The van der Waals surface area contributed by atoms with E-state index in [4.69, 9.17) is 4.74 Å². The molecule has 7 heteroatoms. The first-order valence-corrected chi connectivity index (χ1v) is 8.82. The van der Waals surface area contributed by atoms with Crippen LogP contribution in [0.2, 0.25) is 0 Å². The highest BCUT2D eigenvalue weighted by Crippen LogP contribution is 2.11. The van der Waals surface area contributed by atoms with E-state index in [0.717, 1.165) is 18.4 Å². The first kappa shape index (κ1) is 21.5. The second-order valence-electron chi connectivity index (χ2n) is 6.98. The predicted molar refractivity (Wildman–Crippen MR) is 101 cm³/mol. The third kappa shape index (κ3) is 9.66. The second kappa shape index (κ2) is 10.4. The van der Waals surface area contributed by atoms with Crippen LogP contribution in [0.3, 0.4) is 0 Å². The number of rotatable bonds is 8. The van der Waals surface area contributed by atoms with Gasteiger partial charge in [0.1, 0.15) is 12.1 Å². The Hall–Kier alpha value is -2.57. The van der Waals surface area contributed by atoms with E-state index in [1.54, 1.807) is 26.8 Å². The lowest BCUT2D eigenvalue weighted by Crippen LogP contribution is -2.39. The molecule has 0 fully saturated rings. The maximum Gasteiger partial charge on any atom is 0.408 e. The molecule has 0 aliphatic carbocycles. The number of carbonyl (C=O) groups is 3. The molecule has 3 amide bonds. The zero-order valence-electron chi connectivity index (χ0n) is 16.0. The van der Waals surface area contributed by atoms with E-state index in [1.807, 2.05) is 25.1 Å². The van der Waals surface area contributed by atoms with Crippen LogP contribution in [0.5, 0.6) is 0 Å². The molecule has 0 aromatic heterocycles. The van der Waals surface area contributed by atoms with E-state index in [-0.39, 0.29) is 18.4 Å². The molecule has 0 aliphatic heterocycles. The van der Waals surface area contributed by atoms with E-state index in [0.29, 0.717) is 18.7 Å². The van der Waals surface area contributed by atoms with Crippen molar-refractivity contribution in [1.82, 2.24) is 10.6 Å². The average molecular weight is 363 g/mol. The first-order chi connectivity index (χ1) is 12.2. The van der Waals surface area contributed by atoms with Gasteiger partial charge in [-0.3, -0.25) is 9.59 Å². The van der Waals surface area contributed by atoms with Crippen LogP contribution in [0.15, 0.2) is 24.3 Å². The first-order valence-electron chi connectivity index (χ1n) is 8.82. The molecule has 0 saturated carbocycles. The molecule has 1 aromatic carbocycles. The van der Waals surface area contributed by atoms with Crippen molar-refractivity contribution >= 4 is 23.6 Å². The fraction of sp³-hybridized carbons (Fsp3) is 0.526. The van der Waals surface area contributed by atoms with E-state index >= 15 is 0 Å². The fourth-order valence-electron chi connectivity index (χ4n) is 2.05. The Morgan fingerprint density at radius 2 is 1.81 bits per heavy atom. The summed E-state index contributed by atoms with van der Waals surface area (Å²) in [6, 6.07) is 7.28. The average Bonchev–Trinajstić information content (AvgIpc) is 2.55. The lowest BCUT2D eigenvalue weighted by Gasteiger charge is -2.19. The molecular formula is C19H29N3O4. The van der Waals surface area contributed by atoms with Crippen molar-refractivity contribution in [3.8, 4) is 0 Å². The van der Waals surface area contributed by atoms with E-state index in [1.165, 1.54) is 0 Å². The normalized spacial score (nSPS) is 10.8. The summed E-state index contributed by atoms with van der Waals surface area (Å²) >= 11 is 0. The van der Waals surface area contributed by atoms with E-state index < -0.39 is 11.7 Å². The molecule has 3 N–H and O–H groups in total.